The van der Waals surface area contributed by atoms with E-state index in [2.05, 4.69) is 0 Å². The molecular formula is C15H19NO7. The molecule has 0 aliphatic rings. The summed E-state index contributed by atoms with van der Waals surface area (Å²) in [6.07, 6.45) is -4.35. The van der Waals surface area contributed by atoms with Crippen molar-refractivity contribution in [2.75, 3.05) is 6.61 Å². The van der Waals surface area contributed by atoms with E-state index in [4.69, 9.17) is 9.94 Å². The van der Waals surface area contributed by atoms with Crippen molar-refractivity contribution < 1.29 is 35.2 Å². The number of fused-ring (bicyclic) bond motifs is 1. The number of carbonyl (C=O) groups excluding carboxylic acids is 1. The molecule has 0 aliphatic carbocycles. The molecule has 8 nitrogen and oxygen atoms in total. The van der Waals surface area contributed by atoms with Crippen LogP contribution in [0.4, 0.5) is 0 Å². The molecule has 0 saturated carbocycles. The number of hydrogen-bond donors (Lipinski definition) is 5. The molecule has 2 rings (SSSR count). The second-order valence-corrected chi connectivity index (χ2v) is 5.43. The van der Waals surface area contributed by atoms with E-state index in [9.17, 15) is 25.2 Å². The standard InChI is InChI=1S/C15H19NO7/c1-15(22,12(19)11(18)8-17)13(20)14(21)23-16-7-6-9-4-2-3-5-10(9)16/h2-7,11-13,17-20,22H,8H2,1H3. The third kappa shape index (κ3) is 3.36. The first-order chi connectivity index (χ1) is 10.8. The summed E-state index contributed by atoms with van der Waals surface area (Å²) in [5, 5.41) is 48.7. The Morgan fingerprint density at radius 3 is 2.57 bits per heavy atom. The third-order valence-electron chi connectivity index (χ3n) is 3.68. The van der Waals surface area contributed by atoms with Gasteiger partial charge in [0.05, 0.1) is 12.1 Å². The van der Waals surface area contributed by atoms with Crippen LogP contribution in [0.2, 0.25) is 0 Å². The fraction of sp³-hybridized carbons (Fsp3) is 0.400. The molecule has 0 radical (unpaired) electrons. The van der Waals surface area contributed by atoms with Crippen LogP contribution in [-0.4, -0.2) is 66.8 Å². The number of benzene rings is 1. The van der Waals surface area contributed by atoms with Crippen LogP contribution < -0.4 is 4.84 Å². The van der Waals surface area contributed by atoms with E-state index in [-0.39, 0.29) is 0 Å². The van der Waals surface area contributed by atoms with Crippen LogP contribution >= 0.6 is 0 Å². The smallest absolute Gasteiger partial charge is 0.364 e. The molecule has 4 unspecified atom stereocenters. The first-order valence-electron chi connectivity index (χ1n) is 6.94. The van der Waals surface area contributed by atoms with Gasteiger partial charge in [0.2, 0.25) is 0 Å². The Labute approximate surface area is 131 Å². The van der Waals surface area contributed by atoms with Gasteiger partial charge >= 0.3 is 5.97 Å². The zero-order valence-electron chi connectivity index (χ0n) is 12.4. The molecule has 0 aliphatic heterocycles. The van der Waals surface area contributed by atoms with Gasteiger partial charge in [-0.2, -0.15) is 4.73 Å². The number of carbonyl (C=O) groups is 1. The van der Waals surface area contributed by atoms with Crippen LogP contribution in [0.25, 0.3) is 10.9 Å². The lowest BCUT2D eigenvalue weighted by atomic mass is 9.89. The predicted molar refractivity (Wildman–Crippen MR) is 79.3 cm³/mol. The molecule has 4 atom stereocenters. The van der Waals surface area contributed by atoms with E-state index in [1.165, 1.54) is 6.20 Å². The van der Waals surface area contributed by atoms with Gasteiger partial charge in [-0.25, -0.2) is 4.79 Å². The summed E-state index contributed by atoms with van der Waals surface area (Å²) in [5.41, 5.74) is -1.84. The van der Waals surface area contributed by atoms with E-state index in [0.29, 0.717) is 5.52 Å². The summed E-state index contributed by atoms with van der Waals surface area (Å²) in [6.45, 7) is 0.109. The van der Waals surface area contributed by atoms with Crippen molar-refractivity contribution >= 4 is 16.9 Å². The quantitative estimate of drug-likeness (QED) is 0.433. The van der Waals surface area contributed by atoms with Crippen LogP contribution in [0.1, 0.15) is 6.92 Å². The molecule has 0 spiro atoms. The highest BCUT2D eigenvalue weighted by molar-refractivity contribution is 5.81. The van der Waals surface area contributed by atoms with Gasteiger partial charge in [0, 0.05) is 11.6 Å². The Hall–Kier alpha value is -1.97. The summed E-state index contributed by atoms with van der Waals surface area (Å²) in [7, 11) is 0. The van der Waals surface area contributed by atoms with E-state index in [0.717, 1.165) is 17.0 Å². The van der Waals surface area contributed by atoms with E-state index >= 15 is 0 Å². The monoisotopic (exact) mass is 325 g/mol. The summed E-state index contributed by atoms with van der Waals surface area (Å²) in [4.78, 5) is 17.0. The van der Waals surface area contributed by atoms with Crippen molar-refractivity contribution in [2.24, 2.45) is 0 Å². The molecule has 1 aromatic heterocycles. The van der Waals surface area contributed by atoms with Gasteiger partial charge in [-0.1, -0.05) is 18.2 Å². The van der Waals surface area contributed by atoms with Gasteiger partial charge in [-0.05, 0) is 19.1 Å². The first-order valence-corrected chi connectivity index (χ1v) is 6.94. The number of hydrogen-bond acceptors (Lipinski definition) is 7. The number of para-hydroxylation sites is 1. The molecule has 8 heteroatoms. The van der Waals surface area contributed by atoms with Gasteiger partial charge in [0.15, 0.2) is 6.10 Å². The number of aliphatic hydroxyl groups is 5. The average molecular weight is 325 g/mol. The van der Waals surface area contributed by atoms with Crippen LogP contribution in [0.15, 0.2) is 36.5 Å². The van der Waals surface area contributed by atoms with E-state index in [1.54, 1.807) is 30.3 Å². The summed E-state index contributed by atoms with van der Waals surface area (Å²) in [5.74, 6) is -1.22. The minimum atomic E-state index is -2.41. The lowest BCUT2D eigenvalue weighted by molar-refractivity contribution is -0.195. The van der Waals surface area contributed by atoms with Gasteiger partial charge < -0.3 is 30.4 Å². The zero-order chi connectivity index (χ0) is 17.2. The molecule has 0 saturated heterocycles. The number of aromatic nitrogens is 1. The molecule has 23 heavy (non-hydrogen) atoms. The second-order valence-electron chi connectivity index (χ2n) is 5.43. The fourth-order valence-electron chi connectivity index (χ4n) is 2.17. The molecule has 0 amide bonds. The largest absolute Gasteiger partial charge is 0.394 e. The molecule has 0 fully saturated rings. The van der Waals surface area contributed by atoms with Crippen molar-refractivity contribution in [1.82, 2.24) is 4.73 Å². The first kappa shape index (κ1) is 17.4. The van der Waals surface area contributed by atoms with E-state index < -0.39 is 36.5 Å². The van der Waals surface area contributed by atoms with Gasteiger partial charge in [-0.15, -0.1) is 0 Å². The Kier molecular flexibility index (Phi) is 5.03. The number of aliphatic hydroxyl groups excluding tert-OH is 4. The fourth-order valence-corrected chi connectivity index (χ4v) is 2.17. The highest BCUT2D eigenvalue weighted by Gasteiger charge is 2.46. The van der Waals surface area contributed by atoms with E-state index in [1.807, 2.05) is 0 Å². The van der Waals surface area contributed by atoms with Crippen molar-refractivity contribution in [2.45, 2.75) is 30.8 Å². The summed E-state index contributed by atoms with van der Waals surface area (Å²) in [6, 6.07) is 8.73. The lowest BCUT2D eigenvalue weighted by Gasteiger charge is -2.34. The van der Waals surface area contributed by atoms with Crippen molar-refractivity contribution in [3.05, 3.63) is 36.5 Å². The third-order valence-corrected chi connectivity index (χ3v) is 3.68. The minimum absolute atomic E-state index is 0.573. The van der Waals surface area contributed by atoms with Crippen LogP contribution in [0.5, 0.6) is 0 Å². The molecule has 1 heterocycles. The minimum Gasteiger partial charge on any atom is -0.394 e. The van der Waals surface area contributed by atoms with Crippen LogP contribution in [0.3, 0.4) is 0 Å². The Morgan fingerprint density at radius 1 is 1.26 bits per heavy atom. The van der Waals surface area contributed by atoms with Crippen molar-refractivity contribution in [1.29, 1.82) is 0 Å². The number of nitrogens with zero attached hydrogens (tertiary/aromatic N) is 1. The van der Waals surface area contributed by atoms with Gasteiger partial charge in [0.25, 0.3) is 0 Å². The molecule has 5 N–H and O–H groups in total. The highest BCUT2D eigenvalue weighted by Crippen LogP contribution is 2.20. The number of rotatable bonds is 6. The maximum atomic E-state index is 12.0. The SMILES string of the molecule is CC(O)(C(O)C(=O)On1ccc2ccccc21)C(O)C(O)CO. The Bertz CT molecular complexity index is 681. The molecule has 0 bridgehead atoms. The molecule has 126 valence electrons. The molecule has 1 aromatic carbocycles. The maximum absolute atomic E-state index is 12.0. The normalized spacial score (nSPS) is 18.2. The molecule has 2 aromatic rings. The predicted octanol–water partition coefficient (Wildman–Crippen LogP) is -1.58. The topological polar surface area (TPSA) is 132 Å². The summed E-state index contributed by atoms with van der Waals surface area (Å²) >= 11 is 0. The Morgan fingerprint density at radius 2 is 1.91 bits per heavy atom. The second kappa shape index (κ2) is 6.65. The summed E-state index contributed by atoms with van der Waals surface area (Å²) < 4.78 is 1.12. The van der Waals surface area contributed by atoms with Crippen LogP contribution in [-0.2, 0) is 4.79 Å². The zero-order valence-corrected chi connectivity index (χ0v) is 12.4. The van der Waals surface area contributed by atoms with Crippen molar-refractivity contribution in [3.8, 4) is 0 Å². The van der Waals surface area contributed by atoms with Crippen molar-refractivity contribution in [3.63, 3.8) is 0 Å². The lowest BCUT2D eigenvalue weighted by Crippen LogP contribution is -2.59. The average Bonchev–Trinajstić information content (AvgIpc) is 2.95. The van der Waals surface area contributed by atoms with Gasteiger partial charge in [0.1, 0.15) is 17.8 Å². The maximum Gasteiger partial charge on any atom is 0.364 e. The van der Waals surface area contributed by atoms with Gasteiger partial charge in [-0.3, -0.25) is 0 Å². The molecular weight excluding hydrogens is 306 g/mol. The highest BCUT2D eigenvalue weighted by atomic mass is 16.7. The van der Waals surface area contributed by atoms with Crippen LogP contribution in [0, 0.1) is 0 Å². The Balaban J connectivity index is 2.16.